The first-order chi connectivity index (χ1) is 19.9. The zero-order chi connectivity index (χ0) is 28.5. The van der Waals surface area contributed by atoms with Crippen LogP contribution in [0, 0.1) is 23.6 Å². The highest BCUT2D eigenvalue weighted by molar-refractivity contribution is 5.94. The van der Waals surface area contributed by atoms with Crippen LogP contribution in [0.1, 0.15) is 69.2 Å². The Balaban J connectivity index is 1.21. The van der Waals surface area contributed by atoms with Gasteiger partial charge in [-0.25, -0.2) is 4.39 Å². The zero-order valence-electron chi connectivity index (χ0n) is 24.4. The van der Waals surface area contributed by atoms with Crippen molar-refractivity contribution in [1.82, 2.24) is 4.90 Å². The molecule has 1 amide bonds. The topological polar surface area (TPSA) is 60.0 Å². The number of ether oxygens (including phenoxy) is 3. The number of allylic oxidation sites excluding steroid dienone is 2. The molecule has 6 nitrogen and oxygen atoms in total. The fraction of sp³-hybridized carbons (Fsp3) is 0.500. The lowest BCUT2D eigenvalue weighted by Gasteiger charge is -2.26. The van der Waals surface area contributed by atoms with Crippen LogP contribution >= 0.6 is 0 Å². The van der Waals surface area contributed by atoms with Gasteiger partial charge in [0.05, 0.1) is 13.2 Å². The first kappa shape index (κ1) is 27.8. The molecule has 1 saturated carbocycles. The third-order valence-corrected chi connectivity index (χ3v) is 9.06. The molecule has 218 valence electrons. The van der Waals surface area contributed by atoms with E-state index in [-0.39, 0.29) is 31.1 Å². The van der Waals surface area contributed by atoms with Crippen molar-refractivity contribution >= 4 is 11.6 Å². The second-order valence-corrected chi connectivity index (χ2v) is 12.0. The molecule has 6 rings (SSSR count). The van der Waals surface area contributed by atoms with Crippen molar-refractivity contribution in [2.24, 2.45) is 17.8 Å². The number of fused-ring (bicyclic) bond motifs is 1. The molecule has 7 heteroatoms. The Bertz CT molecular complexity index is 1320. The van der Waals surface area contributed by atoms with Gasteiger partial charge in [0.2, 0.25) is 12.7 Å². The fourth-order valence-electron chi connectivity index (χ4n) is 6.61. The summed E-state index contributed by atoms with van der Waals surface area (Å²) in [4.78, 5) is 15.8. The summed E-state index contributed by atoms with van der Waals surface area (Å²) in [6, 6.07) is 11.6. The standard InChI is InChI=1S/C34H41FN2O4/c1-4-23-13-28(35)14-24(5-2)33(23)36-32(38)18-37-17-27(26-12-21(3)34-31(16-26)40-20-41-34)15-30(37)25-8-10-29(11-9-25)39-19-22-6-7-22/h8-11,13-14,16,22,26-27,30H,4-7,12,15,17-20H2,1-3H3,(H,36,38). The number of benzene rings is 2. The van der Waals surface area contributed by atoms with Gasteiger partial charge >= 0.3 is 0 Å². The van der Waals surface area contributed by atoms with Crippen LogP contribution in [-0.2, 0) is 27.1 Å². The number of aryl methyl sites for hydroxylation is 2. The molecule has 0 spiro atoms. The Morgan fingerprint density at radius 2 is 1.83 bits per heavy atom. The molecular formula is C34H41FN2O4. The number of nitrogens with one attached hydrogen (secondary N) is 1. The summed E-state index contributed by atoms with van der Waals surface area (Å²) in [5.74, 6) is 3.74. The summed E-state index contributed by atoms with van der Waals surface area (Å²) >= 11 is 0. The molecule has 4 aliphatic rings. The predicted octanol–water partition coefficient (Wildman–Crippen LogP) is 6.92. The number of rotatable bonds is 10. The van der Waals surface area contributed by atoms with E-state index in [1.807, 2.05) is 13.8 Å². The van der Waals surface area contributed by atoms with Crippen LogP contribution in [0.3, 0.4) is 0 Å². The lowest BCUT2D eigenvalue weighted by molar-refractivity contribution is -0.117. The molecule has 0 aromatic heterocycles. The highest BCUT2D eigenvalue weighted by atomic mass is 19.1. The molecule has 41 heavy (non-hydrogen) atoms. The maximum Gasteiger partial charge on any atom is 0.238 e. The van der Waals surface area contributed by atoms with E-state index in [4.69, 9.17) is 14.2 Å². The van der Waals surface area contributed by atoms with Gasteiger partial charge in [-0.1, -0.05) is 26.0 Å². The summed E-state index contributed by atoms with van der Waals surface area (Å²) < 4.78 is 31.6. The summed E-state index contributed by atoms with van der Waals surface area (Å²) in [7, 11) is 0. The molecule has 2 aliphatic heterocycles. The third kappa shape index (κ3) is 6.15. The van der Waals surface area contributed by atoms with Crippen LogP contribution in [0.15, 0.2) is 59.6 Å². The summed E-state index contributed by atoms with van der Waals surface area (Å²) in [5.41, 5.74) is 4.85. The van der Waals surface area contributed by atoms with Gasteiger partial charge in [-0.2, -0.15) is 0 Å². The monoisotopic (exact) mass is 560 g/mol. The van der Waals surface area contributed by atoms with Crippen molar-refractivity contribution in [2.45, 2.75) is 65.3 Å². The minimum absolute atomic E-state index is 0.0658. The van der Waals surface area contributed by atoms with Crippen molar-refractivity contribution < 1.29 is 23.4 Å². The molecule has 0 bridgehead atoms. The maximum absolute atomic E-state index is 14.2. The predicted molar refractivity (Wildman–Crippen MR) is 157 cm³/mol. The van der Waals surface area contributed by atoms with Gasteiger partial charge in [0.25, 0.3) is 0 Å². The smallest absolute Gasteiger partial charge is 0.238 e. The summed E-state index contributed by atoms with van der Waals surface area (Å²) in [6.45, 7) is 8.25. The summed E-state index contributed by atoms with van der Waals surface area (Å²) in [6.07, 6.45) is 7.95. The molecule has 1 N–H and O–H groups in total. The number of hydrogen-bond donors (Lipinski definition) is 1. The van der Waals surface area contributed by atoms with Crippen LogP contribution in [0.2, 0.25) is 0 Å². The Hall–Kier alpha value is -3.32. The summed E-state index contributed by atoms with van der Waals surface area (Å²) in [5, 5.41) is 3.16. The minimum Gasteiger partial charge on any atom is -0.493 e. The van der Waals surface area contributed by atoms with Gasteiger partial charge in [0, 0.05) is 18.3 Å². The highest BCUT2D eigenvalue weighted by Gasteiger charge is 2.40. The first-order valence-electron chi connectivity index (χ1n) is 15.2. The number of anilines is 1. The van der Waals surface area contributed by atoms with E-state index in [9.17, 15) is 9.18 Å². The van der Waals surface area contributed by atoms with E-state index in [1.165, 1.54) is 36.1 Å². The largest absolute Gasteiger partial charge is 0.493 e. The number of hydrogen-bond acceptors (Lipinski definition) is 5. The maximum atomic E-state index is 14.2. The number of halogens is 1. The first-order valence-corrected chi connectivity index (χ1v) is 15.2. The zero-order valence-corrected chi connectivity index (χ0v) is 24.4. The van der Waals surface area contributed by atoms with Gasteiger partial charge < -0.3 is 19.5 Å². The Morgan fingerprint density at radius 1 is 1.10 bits per heavy atom. The van der Waals surface area contributed by atoms with E-state index in [0.29, 0.717) is 30.6 Å². The van der Waals surface area contributed by atoms with Crippen LogP contribution in [0.25, 0.3) is 0 Å². The molecule has 2 saturated heterocycles. The van der Waals surface area contributed by atoms with Crippen molar-refractivity contribution in [3.8, 4) is 5.75 Å². The SMILES string of the molecule is CCc1cc(F)cc(CC)c1NC(=O)CN1CC(C2C=C3OCOC3=C(C)C2)CC1c1ccc(OCC2CC2)cc1. The third-order valence-electron chi connectivity index (χ3n) is 9.06. The number of nitrogens with zero attached hydrogens (tertiary/aromatic N) is 1. The average molecular weight is 561 g/mol. The van der Waals surface area contributed by atoms with Crippen LogP contribution < -0.4 is 10.1 Å². The van der Waals surface area contributed by atoms with E-state index in [0.717, 1.165) is 60.1 Å². The lowest BCUT2D eigenvalue weighted by atomic mass is 9.81. The van der Waals surface area contributed by atoms with Gasteiger partial charge in [-0.3, -0.25) is 9.69 Å². The van der Waals surface area contributed by atoms with E-state index in [2.05, 4.69) is 47.5 Å². The molecule has 2 heterocycles. The second-order valence-electron chi connectivity index (χ2n) is 12.0. The van der Waals surface area contributed by atoms with Gasteiger partial charge in [-0.05, 0) is 116 Å². The second kappa shape index (κ2) is 11.9. The lowest BCUT2D eigenvalue weighted by Crippen LogP contribution is -2.34. The number of likely N-dealkylation sites (tertiary alicyclic amines) is 1. The quantitative estimate of drug-likeness (QED) is 0.342. The van der Waals surface area contributed by atoms with Gasteiger partial charge in [-0.15, -0.1) is 0 Å². The molecule has 3 fully saturated rings. The Kier molecular flexibility index (Phi) is 8.07. The minimum atomic E-state index is -0.255. The fourth-order valence-corrected chi connectivity index (χ4v) is 6.61. The highest BCUT2D eigenvalue weighted by Crippen LogP contribution is 2.45. The Morgan fingerprint density at radius 3 is 2.51 bits per heavy atom. The molecule has 3 atom stereocenters. The molecule has 0 radical (unpaired) electrons. The number of carbonyl (C=O) groups is 1. The van der Waals surface area contributed by atoms with Crippen molar-refractivity contribution in [3.05, 3.63) is 82.1 Å². The van der Waals surface area contributed by atoms with Crippen LogP contribution in [0.5, 0.6) is 5.75 Å². The van der Waals surface area contributed by atoms with Crippen molar-refractivity contribution in [2.75, 3.05) is 31.8 Å². The van der Waals surface area contributed by atoms with Gasteiger partial charge in [0.1, 0.15) is 11.6 Å². The van der Waals surface area contributed by atoms with E-state index >= 15 is 0 Å². The van der Waals surface area contributed by atoms with Gasteiger partial charge in [0.15, 0.2) is 11.5 Å². The number of carbonyl (C=O) groups excluding carboxylic acids is 1. The molecule has 2 aromatic rings. The van der Waals surface area contributed by atoms with Crippen LogP contribution in [0.4, 0.5) is 10.1 Å². The molecular weight excluding hydrogens is 519 g/mol. The Labute approximate surface area is 242 Å². The van der Waals surface area contributed by atoms with Crippen LogP contribution in [-0.4, -0.2) is 37.3 Å². The molecule has 2 aromatic carbocycles. The van der Waals surface area contributed by atoms with Crippen molar-refractivity contribution in [1.29, 1.82) is 0 Å². The van der Waals surface area contributed by atoms with E-state index in [1.54, 1.807) is 0 Å². The molecule has 2 aliphatic carbocycles. The molecule has 3 unspecified atom stereocenters. The normalized spacial score (nSPS) is 24.0. The average Bonchev–Trinajstić information content (AvgIpc) is 3.51. The van der Waals surface area contributed by atoms with Crippen molar-refractivity contribution in [3.63, 3.8) is 0 Å². The van der Waals surface area contributed by atoms with E-state index < -0.39 is 0 Å². The number of amides is 1.